The summed E-state index contributed by atoms with van der Waals surface area (Å²) in [5.41, 5.74) is 2.96. The van der Waals surface area contributed by atoms with Gasteiger partial charge in [-0.25, -0.2) is 13.8 Å². The van der Waals surface area contributed by atoms with Crippen LogP contribution in [0.15, 0.2) is 64.2 Å². The number of hydrogen-bond acceptors (Lipinski definition) is 4. The van der Waals surface area contributed by atoms with Gasteiger partial charge in [0.05, 0.1) is 21.8 Å². The van der Waals surface area contributed by atoms with Gasteiger partial charge in [0.1, 0.15) is 17.3 Å². The molecule has 2 N–H and O–H groups in total. The highest BCUT2D eigenvalue weighted by molar-refractivity contribution is 6.33. The van der Waals surface area contributed by atoms with Crippen LogP contribution in [0.3, 0.4) is 0 Å². The number of allylic oxidation sites excluding steroid dienone is 1. The number of nitrogens with zero attached hydrogens (tertiary/aromatic N) is 2. The average Bonchev–Trinajstić information content (AvgIpc) is 3.11. The van der Waals surface area contributed by atoms with E-state index in [9.17, 15) is 22.0 Å². The van der Waals surface area contributed by atoms with Crippen molar-refractivity contribution in [1.82, 2.24) is 5.16 Å². The zero-order valence-corrected chi connectivity index (χ0v) is 15.1. The van der Waals surface area contributed by atoms with Crippen LogP contribution in [0, 0.1) is 11.6 Å². The molecule has 0 radical (unpaired) electrons. The van der Waals surface area contributed by atoms with E-state index in [0.29, 0.717) is 6.20 Å². The normalized spacial score (nSPS) is 13.0. The van der Waals surface area contributed by atoms with Gasteiger partial charge < -0.3 is 10.3 Å². The summed E-state index contributed by atoms with van der Waals surface area (Å²) >= 11 is 5.95. The molecule has 10 heteroatoms. The summed E-state index contributed by atoms with van der Waals surface area (Å²) in [7, 11) is 0. The molecule has 0 unspecified atom stereocenters. The van der Waals surface area contributed by atoms with Crippen LogP contribution in [0.1, 0.15) is 5.76 Å². The average molecular weight is 428 g/mol. The molecule has 0 aliphatic carbocycles. The van der Waals surface area contributed by atoms with E-state index in [-0.39, 0.29) is 22.0 Å². The lowest BCUT2D eigenvalue weighted by molar-refractivity contribution is -0.0571. The van der Waals surface area contributed by atoms with Gasteiger partial charge in [0.25, 0.3) is 0 Å². The fourth-order valence-electron chi connectivity index (χ4n) is 2.46. The topological polar surface area (TPSA) is 64.4 Å². The molecular weight excluding hydrogens is 417 g/mol. The highest BCUT2D eigenvalue weighted by Gasteiger charge is 2.40. The van der Waals surface area contributed by atoms with Crippen LogP contribution in [0.5, 0.6) is 0 Å². The van der Waals surface area contributed by atoms with Crippen molar-refractivity contribution in [2.75, 3.05) is 0 Å². The lowest BCUT2D eigenvalue weighted by Crippen LogP contribution is -2.24. The van der Waals surface area contributed by atoms with E-state index in [1.165, 1.54) is 12.1 Å². The van der Waals surface area contributed by atoms with Crippen LogP contribution < -0.4 is 5.73 Å². The SMILES string of the molecule is NC=C(C(=Nc1ccc(F)cc1)C(F)(F)F)c1cc(-c2c(F)cccc2Cl)no1. The van der Waals surface area contributed by atoms with Crippen LogP contribution in [-0.4, -0.2) is 17.0 Å². The summed E-state index contributed by atoms with van der Waals surface area (Å²) < 4.78 is 72.9. The monoisotopic (exact) mass is 427 g/mol. The van der Waals surface area contributed by atoms with E-state index < -0.39 is 34.9 Å². The van der Waals surface area contributed by atoms with Gasteiger partial charge in [0, 0.05) is 12.3 Å². The fraction of sp³-hybridized carbons (Fsp3) is 0.0526. The Morgan fingerprint density at radius 1 is 1.10 bits per heavy atom. The Morgan fingerprint density at radius 3 is 2.38 bits per heavy atom. The van der Waals surface area contributed by atoms with Gasteiger partial charge >= 0.3 is 6.18 Å². The predicted octanol–water partition coefficient (Wildman–Crippen LogP) is 5.91. The maximum Gasteiger partial charge on any atom is 0.434 e. The van der Waals surface area contributed by atoms with Gasteiger partial charge in [-0.2, -0.15) is 13.2 Å². The van der Waals surface area contributed by atoms with Gasteiger partial charge in [0.2, 0.25) is 0 Å². The summed E-state index contributed by atoms with van der Waals surface area (Å²) in [6.07, 6.45) is -4.29. The molecule has 4 nitrogen and oxygen atoms in total. The van der Waals surface area contributed by atoms with Crippen LogP contribution in [0.25, 0.3) is 16.8 Å². The molecule has 3 rings (SSSR count). The number of halogens is 6. The summed E-state index contributed by atoms with van der Waals surface area (Å²) in [5, 5.41) is 3.59. The molecule has 0 saturated carbocycles. The zero-order valence-electron chi connectivity index (χ0n) is 14.3. The van der Waals surface area contributed by atoms with Crippen molar-refractivity contribution in [3.63, 3.8) is 0 Å². The molecule has 0 amide bonds. The molecule has 0 fully saturated rings. The summed E-state index contributed by atoms with van der Waals surface area (Å²) in [5.74, 6) is -1.76. The van der Waals surface area contributed by atoms with Crippen molar-refractivity contribution < 1.29 is 26.5 Å². The van der Waals surface area contributed by atoms with Gasteiger partial charge in [-0.1, -0.05) is 22.8 Å². The molecule has 150 valence electrons. The standard InChI is InChI=1S/C19H11ClF5N3O/c20-13-2-1-3-14(22)17(13)15-8-16(29-28-15)12(9-26)18(19(23,24)25)27-11-6-4-10(21)5-7-11/h1-9H,26H2. The van der Waals surface area contributed by atoms with Crippen LogP contribution >= 0.6 is 11.6 Å². The lowest BCUT2D eigenvalue weighted by Gasteiger charge is -2.12. The number of nitrogens with two attached hydrogens (primary N) is 1. The third-order valence-electron chi connectivity index (χ3n) is 3.75. The molecule has 0 saturated heterocycles. The zero-order chi connectivity index (χ0) is 21.2. The number of hydrogen-bond donors (Lipinski definition) is 1. The number of aliphatic imine (C=N–C) groups is 1. The van der Waals surface area contributed by atoms with Crippen molar-refractivity contribution in [3.8, 4) is 11.3 Å². The Kier molecular flexibility index (Phi) is 5.69. The second-order valence-corrected chi connectivity index (χ2v) is 6.10. The quantitative estimate of drug-likeness (QED) is 0.416. The molecule has 0 aliphatic rings. The van der Waals surface area contributed by atoms with Crippen LogP contribution in [0.4, 0.5) is 27.6 Å². The minimum Gasteiger partial charge on any atom is -0.404 e. The van der Waals surface area contributed by atoms with E-state index in [1.54, 1.807) is 0 Å². The van der Waals surface area contributed by atoms with E-state index in [2.05, 4.69) is 10.1 Å². The van der Waals surface area contributed by atoms with E-state index in [4.69, 9.17) is 21.9 Å². The fourth-order valence-corrected chi connectivity index (χ4v) is 2.72. The lowest BCUT2D eigenvalue weighted by atomic mass is 10.1. The van der Waals surface area contributed by atoms with Crippen LogP contribution in [0.2, 0.25) is 5.02 Å². The van der Waals surface area contributed by atoms with Crippen molar-refractivity contribution >= 4 is 28.6 Å². The minimum atomic E-state index is -4.93. The largest absolute Gasteiger partial charge is 0.434 e. The molecule has 2 aromatic carbocycles. The Bertz CT molecular complexity index is 1070. The Balaban J connectivity index is 2.08. The predicted molar refractivity (Wildman–Crippen MR) is 98.6 cm³/mol. The Hall–Kier alpha value is -3.20. The molecule has 3 aromatic rings. The molecule has 0 bridgehead atoms. The number of alkyl halides is 3. The Morgan fingerprint density at radius 2 is 1.79 bits per heavy atom. The van der Waals surface area contributed by atoms with Crippen molar-refractivity contribution in [1.29, 1.82) is 0 Å². The smallest absolute Gasteiger partial charge is 0.404 e. The first-order chi connectivity index (χ1) is 13.7. The van der Waals surface area contributed by atoms with E-state index in [0.717, 1.165) is 36.4 Å². The first kappa shape index (κ1) is 20.5. The minimum absolute atomic E-state index is 0.000785. The van der Waals surface area contributed by atoms with Crippen molar-refractivity contribution in [2.24, 2.45) is 10.7 Å². The van der Waals surface area contributed by atoms with Gasteiger partial charge in [0.15, 0.2) is 11.5 Å². The molecular formula is C19H11ClF5N3O. The first-order valence-corrected chi connectivity index (χ1v) is 8.33. The second kappa shape index (κ2) is 8.04. The highest BCUT2D eigenvalue weighted by Crippen LogP contribution is 2.34. The summed E-state index contributed by atoms with van der Waals surface area (Å²) in [6.45, 7) is 0. The van der Waals surface area contributed by atoms with Gasteiger partial charge in [-0.15, -0.1) is 0 Å². The molecule has 0 aliphatic heterocycles. The third kappa shape index (κ3) is 4.45. The van der Waals surface area contributed by atoms with Gasteiger partial charge in [-0.05, 0) is 36.4 Å². The summed E-state index contributed by atoms with van der Waals surface area (Å²) in [6, 6.07) is 9.01. The third-order valence-corrected chi connectivity index (χ3v) is 4.07. The maximum absolute atomic E-state index is 14.1. The molecule has 1 aromatic heterocycles. The van der Waals surface area contributed by atoms with Gasteiger partial charge in [-0.3, -0.25) is 0 Å². The number of aromatic nitrogens is 1. The molecule has 1 heterocycles. The Labute approximate surface area is 166 Å². The van der Waals surface area contributed by atoms with Crippen molar-refractivity contribution in [2.45, 2.75) is 6.18 Å². The van der Waals surface area contributed by atoms with E-state index >= 15 is 0 Å². The second-order valence-electron chi connectivity index (χ2n) is 5.69. The maximum atomic E-state index is 14.1. The number of benzene rings is 2. The molecule has 0 atom stereocenters. The van der Waals surface area contributed by atoms with E-state index in [1.807, 2.05) is 0 Å². The highest BCUT2D eigenvalue weighted by atomic mass is 35.5. The first-order valence-electron chi connectivity index (χ1n) is 7.96. The summed E-state index contributed by atoms with van der Waals surface area (Å²) in [4.78, 5) is 3.52. The molecule has 0 spiro atoms. The van der Waals surface area contributed by atoms with Crippen LogP contribution in [-0.2, 0) is 0 Å². The van der Waals surface area contributed by atoms with Crippen molar-refractivity contribution in [3.05, 3.63) is 77.1 Å². The molecule has 29 heavy (non-hydrogen) atoms. The number of rotatable bonds is 4.